The summed E-state index contributed by atoms with van der Waals surface area (Å²) in [4.78, 5) is 25.1. The van der Waals surface area contributed by atoms with Gasteiger partial charge in [-0.1, -0.05) is 0 Å². The van der Waals surface area contributed by atoms with Crippen LogP contribution in [-0.2, 0) is 4.79 Å². The van der Waals surface area contributed by atoms with Crippen molar-refractivity contribution in [3.05, 3.63) is 16.9 Å². The molecule has 3 heterocycles. The van der Waals surface area contributed by atoms with Gasteiger partial charge in [-0.05, 0) is 49.0 Å². The summed E-state index contributed by atoms with van der Waals surface area (Å²) in [5.74, 6) is 0.288. The molecule has 0 aromatic carbocycles. The van der Waals surface area contributed by atoms with Gasteiger partial charge in [0.05, 0.1) is 10.5 Å². The number of rotatable bonds is 4. The molecule has 1 aromatic rings. The molecule has 1 unspecified atom stereocenters. The molecule has 23 heavy (non-hydrogen) atoms. The number of nitrogens with zero attached hydrogens (tertiary/aromatic N) is 4. The Labute approximate surface area is 145 Å². The molecule has 7 heteroatoms. The van der Waals surface area contributed by atoms with E-state index in [-0.39, 0.29) is 18.1 Å². The highest BCUT2D eigenvalue weighted by Gasteiger charge is 2.38. The first-order valence-corrected chi connectivity index (χ1v) is 9.02. The molecule has 0 saturated carbocycles. The number of hydrogen-bond acceptors (Lipinski definition) is 5. The number of piperidine rings is 1. The largest absolute Gasteiger partial charge is 0.460 e. The van der Waals surface area contributed by atoms with E-state index in [0.29, 0.717) is 12.1 Å². The SMILES string of the molecule is CC(C)N1CCC(N2CCC(Oc3ncc(Br)cn3)CC2)C1=O. The van der Waals surface area contributed by atoms with Gasteiger partial charge in [0.2, 0.25) is 5.91 Å². The highest BCUT2D eigenvalue weighted by atomic mass is 79.9. The lowest BCUT2D eigenvalue weighted by Crippen LogP contribution is -2.48. The molecule has 2 fully saturated rings. The van der Waals surface area contributed by atoms with E-state index in [1.54, 1.807) is 12.4 Å². The number of halogens is 1. The summed E-state index contributed by atoms with van der Waals surface area (Å²) in [7, 11) is 0. The van der Waals surface area contributed by atoms with E-state index in [9.17, 15) is 4.79 Å². The third-order valence-electron chi connectivity index (χ3n) is 4.62. The van der Waals surface area contributed by atoms with Gasteiger partial charge in [0.25, 0.3) is 0 Å². The second-order valence-corrected chi connectivity index (χ2v) is 7.38. The van der Waals surface area contributed by atoms with Crippen molar-refractivity contribution < 1.29 is 9.53 Å². The average molecular weight is 383 g/mol. The van der Waals surface area contributed by atoms with Crippen molar-refractivity contribution in [1.29, 1.82) is 0 Å². The third kappa shape index (κ3) is 3.83. The molecule has 2 aliphatic heterocycles. The number of likely N-dealkylation sites (tertiary alicyclic amines) is 2. The molecule has 0 spiro atoms. The predicted molar refractivity (Wildman–Crippen MR) is 90.2 cm³/mol. The molecule has 6 nitrogen and oxygen atoms in total. The van der Waals surface area contributed by atoms with Gasteiger partial charge in [-0.2, -0.15) is 0 Å². The van der Waals surface area contributed by atoms with Crippen LogP contribution >= 0.6 is 15.9 Å². The van der Waals surface area contributed by atoms with Crippen LogP contribution in [0.1, 0.15) is 33.1 Å². The van der Waals surface area contributed by atoms with Crippen molar-refractivity contribution in [3.8, 4) is 6.01 Å². The van der Waals surface area contributed by atoms with Gasteiger partial charge in [-0.3, -0.25) is 9.69 Å². The van der Waals surface area contributed by atoms with Gasteiger partial charge in [0, 0.05) is 38.1 Å². The van der Waals surface area contributed by atoms with Crippen LogP contribution in [-0.4, -0.2) is 63.5 Å². The molecular weight excluding hydrogens is 360 g/mol. The zero-order valence-electron chi connectivity index (χ0n) is 13.6. The number of amides is 1. The summed E-state index contributed by atoms with van der Waals surface area (Å²) in [6, 6.07) is 0.778. The van der Waals surface area contributed by atoms with E-state index in [0.717, 1.165) is 43.4 Å². The van der Waals surface area contributed by atoms with Gasteiger partial charge in [0.15, 0.2) is 0 Å². The Morgan fingerprint density at radius 3 is 2.39 bits per heavy atom. The smallest absolute Gasteiger partial charge is 0.316 e. The molecule has 0 aliphatic carbocycles. The van der Waals surface area contributed by atoms with E-state index in [1.165, 1.54) is 0 Å². The first-order valence-electron chi connectivity index (χ1n) is 8.23. The molecular formula is C16H23BrN4O2. The van der Waals surface area contributed by atoms with Gasteiger partial charge < -0.3 is 9.64 Å². The second-order valence-electron chi connectivity index (χ2n) is 6.47. The zero-order chi connectivity index (χ0) is 16.4. The minimum atomic E-state index is 0.0577. The van der Waals surface area contributed by atoms with Crippen LogP contribution in [0.5, 0.6) is 6.01 Å². The molecule has 0 radical (unpaired) electrons. The molecule has 1 atom stereocenters. The molecule has 3 rings (SSSR count). The highest BCUT2D eigenvalue weighted by Crippen LogP contribution is 2.24. The zero-order valence-corrected chi connectivity index (χ0v) is 15.2. The monoisotopic (exact) mass is 382 g/mol. The van der Waals surface area contributed by atoms with Gasteiger partial charge in [0.1, 0.15) is 6.10 Å². The molecule has 1 aromatic heterocycles. The fourth-order valence-electron chi connectivity index (χ4n) is 3.35. The maximum absolute atomic E-state index is 12.5. The Morgan fingerprint density at radius 2 is 1.83 bits per heavy atom. The van der Waals surface area contributed by atoms with E-state index in [1.807, 2.05) is 4.90 Å². The predicted octanol–water partition coefficient (Wildman–Crippen LogP) is 2.09. The molecule has 2 saturated heterocycles. The number of hydrogen-bond donors (Lipinski definition) is 0. The van der Waals surface area contributed by atoms with Crippen molar-refractivity contribution in [2.75, 3.05) is 19.6 Å². The average Bonchev–Trinajstić information content (AvgIpc) is 2.92. The Bertz CT molecular complexity index is 544. The lowest BCUT2D eigenvalue weighted by molar-refractivity contribution is -0.134. The van der Waals surface area contributed by atoms with E-state index in [2.05, 4.69) is 44.6 Å². The van der Waals surface area contributed by atoms with Crippen LogP contribution in [0.4, 0.5) is 0 Å². The molecule has 126 valence electrons. The summed E-state index contributed by atoms with van der Waals surface area (Å²) in [6.45, 7) is 6.83. The Kier molecular flexibility index (Phi) is 5.16. The maximum Gasteiger partial charge on any atom is 0.316 e. The van der Waals surface area contributed by atoms with Crippen molar-refractivity contribution in [1.82, 2.24) is 19.8 Å². The van der Waals surface area contributed by atoms with Crippen molar-refractivity contribution in [2.45, 2.75) is 51.3 Å². The summed E-state index contributed by atoms with van der Waals surface area (Å²) < 4.78 is 6.68. The van der Waals surface area contributed by atoms with Crippen LogP contribution in [0.3, 0.4) is 0 Å². The minimum absolute atomic E-state index is 0.0577. The molecule has 0 N–H and O–H groups in total. The number of carbonyl (C=O) groups excluding carboxylic acids is 1. The van der Waals surface area contributed by atoms with E-state index < -0.39 is 0 Å². The van der Waals surface area contributed by atoms with E-state index >= 15 is 0 Å². The standard InChI is InChI=1S/C16H23BrN4O2/c1-11(2)21-8-5-14(15(21)22)20-6-3-13(4-7-20)23-16-18-9-12(17)10-19-16/h9-11,13-14H,3-8H2,1-2H3. The molecule has 2 aliphatic rings. The van der Waals surface area contributed by atoms with Crippen LogP contribution < -0.4 is 4.74 Å². The number of carbonyl (C=O) groups is 1. The third-order valence-corrected chi connectivity index (χ3v) is 5.03. The Morgan fingerprint density at radius 1 is 1.17 bits per heavy atom. The normalized spacial score (nSPS) is 23.7. The maximum atomic E-state index is 12.5. The van der Waals surface area contributed by atoms with Crippen LogP contribution in [0.15, 0.2) is 16.9 Å². The van der Waals surface area contributed by atoms with Gasteiger partial charge in [-0.15, -0.1) is 0 Å². The number of aromatic nitrogens is 2. The van der Waals surface area contributed by atoms with Crippen LogP contribution in [0, 0.1) is 0 Å². The summed E-state index contributed by atoms with van der Waals surface area (Å²) in [5, 5.41) is 0. The lowest BCUT2D eigenvalue weighted by Gasteiger charge is -2.35. The molecule has 0 bridgehead atoms. The topological polar surface area (TPSA) is 58.6 Å². The first kappa shape index (κ1) is 16.6. The Balaban J connectivity index is 1.51. The van der Waals surface area contributed by atoms with E-state index in [4.69, 9.17) is 4.74 Å². The quantitative estimate of drug-likeness (QED) is 0.797. The minimum Gasteiger partial charge on any atom is -0.460 e. The van der Waals surface area contributed by atoms with Crippen LogP contribution in [0.25, 0.3) is 0 Å². The van der Waals surface area contributed by atoms with Crippen molar-refractivity contribution in [2.24, 2.45) is 0 Å². The molecule has 1 amide bonds. The Hall–Kier alpha value is -1.21. The second kappa shape index (κ2) is 7.13. The van der Waals surface area contributed by atoms with Crippen LogP contribution in [0.2, 0.25) is 0 Å². The van der Waals surface area contributed by atoms with Crippen molar-refractivity contribution in [3.63, 3.8) is 0 Å². The highest BCUT2D eigenvalue weighted by molar-refractivity contribution is 9.10. The first-order chi connectivity index (χ1) is 11.0. The summed E-state index contributed by atoms with van der Waals surface area (Å²) in [6.07, 6.45) is 6.27. The summed E-state index contributed by atoms with van der Waals surface area (Å²) in [5.41, 5.74) is 0. The fourth-order valence-corrected chi connectivity index (χ4v) is 3.56. The summed E-state index contributed by atoms with van der Waals surface area (Å²) >= 11 is 3.31. The fraction of sp³-hybridized carbons (Fsp3) is 0.688. The number of ether oxygens (including phenoxy) is 1. The van der Waals surface area contributed by atoms with Gasteiger partial charge >= 0.3 is 6.01 Å². The lowest BCUT2D eigenvalue weighted by atomic mass is 10.0. The van der Waals surface area contributed by atoms with Gasteiger partial charge in [-0.25, -0.2) is 9.97 Å². The van der Waals surface area contributed by atoms with Crippen molar-refractivity contribution >= 4 is 21.8 Å².